The fraction of sp³-hybridized carbons (Fsp3) is 0.222. The standard InChI is InChI=1S/C9H8Cl4N2O/c10-6-4-2-1-3-5(6)7(16)15-8(14)9(11,12)13/h1-4,8H,14H2,(H,15,16). The number of carbonyl (C=O) groups is 1. The summed E-state index contributed by atoms with van der Waals surface area (Å²) in [5, 5.41) is 2.64. The molecular weight excluding hydrogens is 294 g/mol. The summed E-state index contributed by atoms with van der Waals surface area (Å²) in [4.78, 5) is 11.7. The predicted octanol–water partition coefficient (Wildman–Crippen LogP) is 2.72. The van der Waals surface area contributed by atoms with Crippen molar-refractivity contribution in [2.24, 2.45) is 5.73 Å². The topological polar surface area (TPSA) is 55.1 Å². The molecule has 0 heterocycles. The molecule has 1 aromatic carbocycles. The van der Waals surface area contributed by atoms with E-state index in [-0.39, 0.29) is 5.56 Å². The van der Waals surface area contributed by atoms with Crippen LogP contribution in [0.15, 0.2) is 24.3 Å². The summed E-state index contributed by atoms with van der Waals surface area (Å²) in [6, 6.07) is 6.50. The molecule has 3 nitrogen and oxygen atoms in total. The molecule has 1 unspecified atom stereocenters. The normalized spacial score (nSPS) is 13.3. The number of amides is 1. The van der Waals surface area contributed by atoms with E-state index in [2.05, 4.69) is 5.32 Å². The van der Waals surface area contributed by atoms with Crippen molar-refractivity contribution in [1.82, 2.24) is 5.32 Å². The highest BCUT2D eigenvalue weighted by Crippen LogP contribution is 2.28. The van der Waals surface area contributed by atoms with Gasteiger partial charge in [0.25, 0.3) is 5.91 Å². The summed E-state index contributed by atoms with van der Waals surface area (Å²) in [5.41, 5.74) is 5.74. The van der Waals surface area contributed by atoms with Gasteiger partial charge in [-0.05, 0) is 12.1 Å². The molecule has 0 aliphatic heterocycles. The zero-order valence-corrected chi connectivity index (χ0v) is 10.9. The zero-order chi connectivity index (χ0) is 12.3. The fourth-order valence-electron chi connectivity index (χ4n) is 0.946. The molecule has 1 amide bonds. The highest BCUT2D eigenvalue weighted by Gasteiger charge is 2.31. The number of hydrogen-bond donors (Lipinski definition) is 2. The van der Waals surface area contributed by atoms with Gasteiger partial charge in [-0.1, -0.05) is 58.5 Å². The lowest BCUT2D eigenvalue weighted by Crippen LogP contribution is -2.50. The van der Waals surface area contributed by atoms with Crippen LogP contribution < -0.4 is 11.1 Å². The highest BCUT2D eigenvalue weighted by atomic mass is 35.6. The second-order valence-corrected chi connectivity index (χ2v) is 5.75. The van der Waals surface area contributed by atoms with Crippen LogP contribution in [0.4, 0.5) is 0 Å². The molecule has 3 N–H and O–H groups in total. The number of hydrogen-bond acceptors (Lipinski definition) is 2. The average molecular weight is 302 g/mol. The first kappa shape index (κ1) is 13.9. The van der Waals surface area contributed by atoms with E-state index >= 15 is 0 Å². The SMILES string of the molecule is NC(NC(=O)c1ccccc1Cl)C(Cl)(Cl)Cl. The molecule has 0 fully saturated rings. The molecule has 0 spiro atoms. The maximum atomic E-state index is 11.7. The Balaban J connectivity index is 2.78. The summed E-state index contributed by atoms with van der Waals surface area (Å²) in [6.07, 6.45) is -1.11. The number of nitrogens with one attached hydrogen (secondary N) is 1. The molecule has 0 saturated heterocycles. The van der Waals surface area contributed by atoms with E-state index in [1.165, 1.54) is 0 Å². The van der Waals surface area contributed by atoms with Crippen LogP contribution in [0.2, 0.25) is 5.02 Å². The summed E-state index contributed by atoms with van der Waals surface area (Å²) in [7, 11) is 0. The van der Waals surface area contributed by atoms with Gasteiger partial charge in [-0.25, -0.2) is 0 Å². The van der Waals surface area contributed by atoms with Crippen LogP contribution in [0.25, 0.3) is 0 Å². The van der Waals surface area contributed by atoms with Crippen LogP contribution in [-0.2, 0) is 0 Å². The average Bonchev–Trinajstić information content (AvgIpc) is 2.16. The Morgan fingerprint density at radius 2 is 1.88 bits per heavy atom. The van der Waals surface area contributed by atoms with Crippen LogP contribution >= 0.6 is 46.4 Å². The number of rotatable bonds is 2. The van der Waals surface area contributed by atoms with Crippen molar-refractivity contribution >= 4 is 52.3 Å². The van der Waals surface area contributed by atoms with Gasteiger partial charge in [0.05, 0.1) is 10.6 Å². The van der Waals surface area contributed by atoms with E-state index in [1.807, 2.05) is 0 Å². The fourth-order valence-corrected chi connectivity index (χ4v) is 1.33. The number of alkyl halides is 3. The van der Waals surface area contributed by atoms with E-state index in [1.54, 1.807) is 24.3 Å². The molecule has 1 rings (SSSR count). The quantitative estimate of drug-likeness (QED) is 0.652. The molecule has 1 atom stereocenters. The van der Waals surface area contributed by atoms with Crippen molar-refractivity contribution in [2.75, 3.05) is 0 Å². The lowest BCUT2D eigenvalue weighted by molar-refractivity contribution is 0.0938. The lowest BCUT2D eigenvalue weighted by Gasteiger charge is -2.21. The number of benzene rings is 1. The Hall–Kier alpha value is -0.190. The zero-order valence-electron chi connectivity index (χ0n) is 7.88. The van der Waals surface area contributed by atoms with Crippen LogP contribution in [0.1, 0.15) is 10.4 Å². The van der Waals surface area contributed by atoms with Gasteiger partial charge in [-0.2, -0.15) is 0 Å². The van der Waals surface area contributed by atoms with Gasteiger partial charge >= 0.3 is 0 Å². The minimum absolute atomic E-state index is 0.272. The van der Waals surface area contributed by atoms with Crippen LogP contribution in [0.3, 0.4) is 0 Å². The summed E-state index contributed by atoms with van der Waals surface area (Å²) in [6.45, 7) is 0. The summed E-state index contributed by atoms with van der Waals surface area (Å²) in [5.74, 6) is -0.496. The van der Waals surface area contributed by atoms with E-state index < -0.39 is 15.9 Å². The van der Waals surface area contributed by atoms with E-state index in [4.69, 9.17) is 52.1 Å². The van der Waals surface area contributed by atoms with Crippen molar-refractivity contribution in [3.63, 3.8) is 0 Å². The molecule has 88 valence electrons. The number of carbonyl (C=O) groups excluding carboxylic acids is 1. The molecule has 0 radical (unpaired) electrons. The Kier molecular flexibility index (Phi) is 4.71. The Bertz CT molecular complexity index is 391. The molecule has 0 bridgehead atoms. The third kappa shape index (κ3) is 3.68. The van der Waals surface area contributed by atoms with E-state index in [9.17, 15) is 4.79 Å². The molecule has 0 aliphatic rings. The Morgan fingerprint density at radius 1 is 1.31 bits per heavy atom. The van der Waals surface area contributed by atoms with E-state index in [0.717, 1.165) is 0 Å². The second-order valence-electron chi connectivity index (χ2n) is 2.97. The molecule has 16 heavy (non-hydrogen) atoms. The molecule has 7 heteroatoms. The third-order valence-corrected chi connectivity index (χ3v) is 2.79. The molecular formula is C9H8Cl4N2O. The molecule has 0 aliphatic carbocycles. The van der Waals surface area contributed by atoms with Crippen molar-refractivity contribution in [2.45, 2.75) is 9.96 Å². The van der Waals surface area contributed by atoms with Crippen molar-refractivity contribution in [1.29, 1.82) is 0 Å². The van der Waals surface area contributed by atoms with Crippen LogP contribution in [-0.4, -0.2) is 15.9 Å². The first-order chi connectivity index (χ1) is 7.32. The minimum Gasteiger partial charge on any atom is -0.333 e. The number of halogens is 4. The van der Waals surface area contributed by atoms with Crippen molar-refractivity contribution in [3.05, 3.63) is 34.9 Å². The monoisotopic (exact) mass is 300 g/mol. The first-order valence-corrected chi connectivity index (χ1v) is 5.71. The smallest absolute Gasteiger partial charge is 0.254 e. The second kappa shape index (κ2) is 5.43. The Morgan fingerprint density at radius 3 is 2.38 bits per heavy atom. The largest absolute Gasteiger partial charge is 0.333 e. The lowest BCUT2D eigenvalue weighted by atomic mass is 10.2. The van der Waals surface area contributed by atoms with Gasteiger partial charge in [-0.15, -0.1) is 0 Å². The Labute approximate surface area is 113 Å². The van der Waals surface area contributed by atoms with Crippen LogP contribution in [0.5, 0.6) is 0 Å². The highest BCUT2D eigenvalue weighted by molar-refractivity contribution is 6.68. The molecule has 1 aromatic rings. The molecule has 0 saturated carbocycles. The van der Waals surface area contributed by atoms with Gasteiger partial charge in [0.2, 0.25) is 3.79 Å². The van der Waals surface area contributed by atoms with Gasteiger partial charge in [0.15, 0.2) is 0 Å². The summed E-state index contributed by atoms with van der Waals surface area (Å²) >= 11 is 22.4. The minimum atomic E-state index is -1.77. The maximum absolute atomic E-state index is 11.7. The molecule has 0 aromatic heterocycles. The van der Waals surface area contributed by atoms with Gasteiger partial charge in [0.1, 0.15) is 6.17 Å². The van der Waals surface area contributed by atoms with Crippen molar-refractivity contribution < 1.29 is 4.79 Å². The predicted molar refractivity (Wildman–Crippen MR) is 67.2 cm³/mol. The van der Waals surface area contributed by atoms with Crippen LogP contribution in [0, 0.1) is 0 Å². The van der Waals surface area contributed by atoms with Crippen molar-refractivity contribution in [3.8, 4) is 0 Å². The van der Waals surface area contributed by atoms with Gasteiger partial charge in [-0.3, -0.25) is 4.79 Å². The van der Waals surface area contributed by atoms with Gasteiger partial charge < -0.3 is 11.1 Å². The first-order valence-electron chi connectivity index (χ1n) is 4.20. The maximum Gasteiger partial charge on any atom is 0.254 e. The van der Waals surface area contributed by atoms with E-state index in [0.29, 0.717) is 5.02 Å². The summed E-state index contributed by atoms with van der Waals surface area (Å²) < 4.78 is -1.77. The number of nitrogens with two attached hydrogens (primary N) is 1. The third-order valence-electron chi connectivity index (χ3n) is 1.76. The van der Waals surface area contributed by atoms with Gasteiger partial charge in [0, 0.05) is 0 Å².